The van der Waals surface area contributed by atoms with E-state index in [0.717, 1.165) is 11.3 Å². The monoisotopic (exact) mass is 245 g/mol. The first kappa shape index (κ1) is 12.2. The van der Waals surface area contributed by atoms with E-state index in [0.29, 0.717) is 9.21 Å². The summed E-state index contributed by atoms with van der Waals surface area (Å²) in [6, 6.07) is 3.15. The molecule has 3 nitrogen and oxygen atoms in total. The summed E-state index contributed by atoms with van der Waals surface area (Å²) < 4.78 is 0.502. The van der Waals surface area contributed by atoms with Gasteiger partial charge in [-0.05, 0) is 32.9 Å². The van der Waals surface area contributed by atoms with Crippen LogP contribution >= 0.6 is 22.9 Å². The zero-order valence-corrected chi connectivity index (χ0v) is 10.3. The summed E-state index contributed by atoms with van der Waals surface area (Å²) in [5.41, 5.74) is -0.409. The molecule has 15 heavy (non-hydrogen) atoms. The molecule has 0 saturated carbocycles. The second-order valence-corrected chi connectivity index (χ2v) is 5.85. The van der Waals surface area contributed by atoms with Crippen LogP contribution in [0.5, 0.6) is 0 Å². The second kappa shape index (κ2) is 4.33. The smallest absolute Gasteiger partial charge is 0.293 e. The maximum atomic E-state index is 11.6. The van der Waals surface area contributed by atoms with Gasteiger partial charge in [-0.2, -0.15) is 0 Å². The zero-order chi connectivity index (χ0) is 11.6. The van der Waals surface area contributed by atoms with E-state index in [4.69, 9.17) is 11.6 Å². The van der Waals surface area contributed by atoms with Gasteiger partial charge in [-0.15, -0.1) is 11.3 Å². The fraction of sp³-hybridized carbons (Fsp3) is 0.400. The summed E-state index contributed by atoms with van der Waals surface area (Å²) in [6.45, 7) is 5.46. The summed E-state index contributed by atoms with van der Waals surface area (Å²) in [5.74, 6) is -1.14. The molecule has 0 aliphatic rings. The highest BCUT2D eigenvalue weighted by molar-refractivity contribution is 7.18. The van der Waals surface area contributed by atoms with Gasteiger partial charge < -0.3 is 5.32 Å². The third-order valence-corrected chi connectivity index (χ3v) is 2.72. The molecule has 0 saturated heterocycles. The molecule has 0 aromatic carbocycles. The lowest BCUT2D eigenvalue weighted by Crippen LogP contribution is -2.44. The molecule has 1 N–H and O–H groups in total. The molecule has 0 spiro atoms. The van der Waals surface area contributed by atoms with Gasteiger partial charge in [0.25, 0.3) is 11.7 Å². The molecule has 0 fully saturated rings. The maximum Gasteiger partial charge on any atom is 0.293 e. The van der Waals surface area contributed by atoms with E-state index in [9.17, 15) is 9.59 Å². The minimum atomic E-state index is -0.596. The molecular formula is C10H12ClNO2S. The number of rotatable bonds is 2. The predicted octanol–water partition coefficient (Wildman–Crippen LogP) is 2.50. The van der Waals surface area contributed by atoms with Gasteiger partial charge in [0, 0.05) is 5.54 Å². The van der Waals surface area contributed by atoms with Crippen LogP contribution in [-0.4, -0.2) is 17.2 Å². The van der Waals surface area contributed by atoms with Crippen molar-refractivity contribution in [2.45, 2.75) is 26.3 Å². The van der Waals surface area contributed by atoms with E-state index in [2.05, 4.69) is 5.32 Å². The van der Waals surface area contributed by atoms with Crippen LogP contribution in [0.15, 0.2) is 12.1 Å². The number of nitrogens with one attached hydrogen (secondary N) is 1. The molecule has 0 radical (unpaired) electrons. The summed E-state index contributed by atoms with van der Waals surface area (Å²) in [5, 5.41) is 2.60. The maximum absolute atomic E-state index is 11.6. The summed E-state index contributed by atoms with van der Waals surface area (Å²) in [7, 11) is 0. The molecule has 1 rings (SSSR count). The van der Waals surface area contributed by atoms with Gasteiger partial charge >= 0.3 is 0 Å². The van der Waals surface area contributed by atoms with Crippen molar-refractivity contribution in [3.05, 3.63) is 21.3 Å². The van der Waals surface area contributed by atoms with E-state index in [1.54, 1.807) is 12.1 Å². The van der Waals surface area contributed by atoms with Crippen LogP contribution in [0.1, 0.15) is 30.4 Å². The lowest BCUT2D eigenvalue weighted by molar-refractivity contribution is -0.118. The SMILES string of the molecule is CC(C)(C)NC(=O)C(=O)c1ccc(Cl)s1. The molecule has 5 heteroatoms. The minimum absolute atomic E-state index is 0.363. The summed E-state index contributed by atoms with van der Waals surface area (Å²) in [6.07, 6.45) is 0. The first-order chi connectivity index (χ1) is 6.79. The minimum Gasteiger partial charge on any atom is -0.345 e. The number of carbonyl (C=O) groups excluding carboxylic acids is 2. The number of hydrogen-bond donors (Lipinski definition) is 1. The topological polar surface area (TPSA) is 46.2 Å². The molecule has 1 heterocycles. The van der Waals surface area contributed by atoms with Crippen LogP contribution < -0.4 is 5.32 Å². The molecule has 1 amide bonds. The Morgan fingerprint density at radius 2 is 1.93 bits per heavy atom. The fourth-order valence-electron chi connectivity index (χ4n) is 0.946. The average Bonchev–Trinajstić information content (AvgIpc) is 2.47. The van der Waals surface area contributed by atoms with Crippen LogP contribution in [0, 0.1) is 0 Å². The van der Waals surface area contributed by atoms with Crippen LogP contribution in [0.3, 0.4) is 0 Å². The number of carbonyl (C=O) groups is 2. The molecule has 82 valence electrons. The zero-order valence-electron chi connectivity index (χ0n) is 8.76. The van der Waals surface area contributed by atoms with Crippen molar-refractivity contribution < 1.29 is 9.59 Å². The Balaban J connectivity index is 2.74. The number of thiophene rings is 1. The highest BCUT2D eigenvalue weighted by atomic mass is 35.5. The van der Waals surface area contributed by atoms with Gasteiger partial charge in [-0.1, -0.05) is 11.6 Å². The quantitative estimate of drug-likeness (QED) is 0.643. The Hall–Kier alpha value is -0.870. The van der Waals surface area contributed by atoms with Crippen molar-refractivity contribution in [3.63, 3.8) is 0 Å². The number of Topliss-reactive ketones (excluding diaryl/α,β-unsaturated/α-hetero) is 1. The highest BCUT2D eigenvalue weighted by Gasteiger charge is 2.22. The van der Waals surface area contributed by atoms with Crippen LogP contribution in [0.25, 0.3) is 0 Å². The van der Waals surface area contributed by atoms with E-state index < -0.39 is 17.2 Å². The average molecular weight is 246 g/mol. The predicted molar refractivity (Wildman–Crippen MR) is 61.6 cm³/mol. The van der Waals surface area contributed by atoms with E-state index in [-0.39, 0.29) is 0 Å². The van der Waals surface area contributed by atoms with E-state index in [1.807, 2.05) is 20.8 Å². The number of ketones is 1. The van der Waals surface area contributed by atoms with Gasteiger partial charge in [0.05, 0.1) is 9.21 Å². The van der Waals surface area contributed by atoms with Crippen molar-refractivity contribution >= 4 is 34.6 Å². The van der Waals surface area contributed by atoms with Gasteiger partial charge in [0.1, 0.15) is 0 Å². The van der Waals surface area contributed by atoms with Gasteiger partial charge in [-0.25, -0.2) is 0 Å². The normalized spacial score (nSPS) is 11.2. The summed E-state index contributed by atoms with van der Waals surface area (Å²) >= 11 is 6.78. The molecule has 0 atom stereocenters. The Kier molecular flexibility index (Phi) is 3.52. The first-order valence-electron chi connectivity index (χ1n) is 4.42. The van der Waals surface area contributed by atoms with Crippen molar-refractivity contribution in [2.75, 3.05) is 0 Å². The standard InChI is InChI=1S/C10H12ClNO2S/c1-10(2,3)12-9(14)8(13)6-4-5-7(11)15-6/h4-5H,1-3H3,(H,12,14). The van der Waals surface area contributed by atoms with Gasteiger partial charge in [0.15, 0.2) is 0 Å². The highest BCUT2D eigenvalue weighted by Crippen LogP contribution is 2.21. The first-order valence-corrected chi connectivity index (χ1v) is 5.61. The molecule has 0 bridgehead atoms. The van der Waals surface area contributed by atoms with Gasteiger partial charge in [0.2, 0.25) is 0 Å². The lowest BCUT2D eigenvalue weighted by Gasteiger charge is -2.19. The van der Waals surface area contributed by atoms with Crippen molar-refractivity contribution in [2.24, 2.45) is 0 Å². The lowest BCUT2D eigenvalue weighted by atomic mass is 10.1. The van der Waals surface area contributed by atoms with Crippen LogP contribution in [-0.2, 0) is 4.79 Å². The van der Waals surface area contributed by atoms with Crippen molar-refractivity contribution in [3.8, 4) is 0 Å². The van der Waals surface area contributed by atoms with Crippen LogP contribution in [0.2, 0.25) is 4.34 Å². The molecule has 0 unspecified atom stereocenters. The third kappa shape index (κ3) is 3.64. The fourth-order valence-corrected chi connectivity index (χ4v) is 1.93. The Bertz CT molecular complexity index is 392. The molecule has 0 aliphatic heterocycles. The van der Waals surface area contributed by atoms with Gasteiger partial charge in [-0.3, -0.25) is 9.59 Å². The Labute approximate surface area is 97.4 Å². The second-order valence-electron chi connectivity index (χ2n) is 4.14. The van der Waals surface area contributed by atoms with E-state index >= 15 is 0 Å². The van der Waals surface area contributed by atoms with Crippen LogP contribution in [0.4, 0.5) is 0 Å². The molecular weight excluding hydrogens is 234 g/mol. The molecule has 0 aliphatic carbocycles. The summed E-state index contributed by atoms with van der Waals surface area (Å²) in [4.78, 5) is 23.4. The van der Waals surface area contributed by atoms with Crippen molar-refractivity contribution in [1.29, 1.82) is 0 Å². The number of hydrogen-bond acceptors (Lipinski definition) is 3. The van der Waals surface area contributed by atoms with Crippen molar-refractivity contribution in [1.82, 2.24) is 5.32 Å². The van der Waals surface area contributed by atoms with E-state index in [1.165, 1.54) is 0 Å². The largest absolute Gasteiger partial charge is 0.345 e. The number of amides is 1. The third-order valence-electron chi connectivity index (χ3n) is 1.49. The number of halogens is 1. The molecule has 1 aromatic rings. The molecule has 1 aromatic heterocycles. The Morgan fingerprint density at radius 3 is 2.33 bits per heavy atom. The Morgan fingerprint density at radius 1 is 1.33 bits per heavy atom.